The second-order valence-electron chi connectivity index (χ2n) is 4.90. The Hall–Kier alpha value is -1.51. The van der Waals surface area contributed by atoms with Crippen molar-refractivity contribution in [2.75, 3.05) is 0 Å². The zero-order chi connectivity index (χ0) is 13.4. The van der Waals surface area contributed by atoms with E-state index in [1.165, 1.54) is 0 Å². The Labute approximate surface area is 117 Å². The maximum Gasteiger partial charge on any atom is 0.127 e. The molecular formula is C16H15ClO2. The zero-order valence-corrected chi connectivity index (χ0v) is 11.4. The molecule has 0 saturated carbocycles. The Morgan fingerprint density at radius 3 is 2.79 bits per heavy atom. The SMILES string of the molecule is Cc1ccc(C2C[C@H](O)c3ccccc3O2)cc1Cl. The third-order valence-electron chi connectivity index (χ3n) is 3.55. The van der Waals surface area contributed by atoms with E-state index in [0.29, 0.717) is 6.42 Å². The van der Waals surface area contributed by atoms with Gasteiger partial charge in [0.15, 0.2) is 0 Å². The van der Waals surface area contributed by atoms with Crippen molar-refractivity contribution in [1.29, 1.82) is 0 Å². The molecule has 0 amide bonds. The molecule has 1 heterocycles. The van der Waals surface area contributed by atoms with E-state index >= 15 is 0 Å². The summed E-state index contributed by atoms with van der Waals surface area (Å²) in [5.74, 6) is 0.753. The van der Waals surface area contributed by atoms with Crippen LogP contribution in [0.4, 0.5) is 0 Å². The summed E-state index contributed by atoms with van der Waals surface area (Å²) < 4.78 is 5.96. The van der Waals surface area contributed by atoms with Crippen molar-refractivity contribution < 1.29 is 9.84 Å². The van der Waals surface area contributed by atoms with Crippen LogP contribution in [0.15, 0.2) is 42.5 Å². The van der Waals surface area contributed by atoms with Crippen LogP contribution in [0.2, 0.25) is 5.02 Å². The van der Waals surface area contributed by atoms with Gasteiger partial charge >= 0.3 is 0 Å². The molecule has 2 aromatic carbocycles. The van der Waals surface area contributed by atoms with Crippen molar-refractivity contribution in [2.24, 2.45) is 0 Å². The fourth-order valence-corrected chi connectivity index (χ4v) is 2.60. The van der Waals surface area contributed by atoms with E-state index in [0.717, 1.165) is 27.5 Å². The first kappa shape index (κ1) is 12.5. The number of ether oxygens (including phenoxy) is 1. The summed E-state index contributed by atoms with van der Waals surface area (Å²) >= 11 is 6.15. The number of benzene rings is 2. The number of aliphatic hydroxyl groups is 1. The molecule has 2 nitrogen and oxygen atoms in total. The Morgan fingerprint density at radius 1 is 1.21 bits per heavy atom. The van der Waals surface area contributed by atoms with Crippen LogP contribution in [0, 0.1) is 6.92 Å². The molecule has 19 heavy (non-hydrogen) atoms. The lowest BCUT2D eigenvalue weighted by molar-refractivity contribution is 0.0657. The fraction of sp³-hybridized carbons (Fsp3) is 0.250. The fourth-order valence-electron chi connectivity index (χ4n) is 2.41. The molecule has 0 fully saturated rings. The van der Waals surface area contributed by atoms with Gasteiger partial charge in [0.1, 0.15) is 11.9 Å². The smallest absolute Gasteiger partial charge is 0.127 e. The van der Waals surface area contributed by atoms with Crippen LogP contribution in [-0.2, 0) is 0 Å². The maximum absolute atomic E-state index is 10.2. The van der Waals surface area contributed by atoms with Crippen LogP contribution in [0.1, 0.15) is 35.3 Å². The maximum atomic E-state index is 10.2. The molecule has 3 rings (SSSR count). The molecule has 0 saturated heterocycles. The van der Waals surface area contributed by atoms with Gasteiger partial charge < -0.3 is 9.84 Å². The average molecular weight is 275 g/mol. The number of para-hydroxylation sites is 1. The van der Waals surface area contributed by atoms with Crippen LogP contribution in [-0.4, -0.2) is 5.11 Å². The topological polar surface area (TPSA) is 29.5 Å². The molecule has 0 bridgehead atoms. The Bertz CT molecular complexity index is 609. The first-order chi connectivity index (χ1) is 9.15. The van der Waals surface area contributed by atoms with E-state index in [1.807, 2.05) is 49.4 Å². The molecular weight excluding hydrogens is 260 g/mol. The van der Waals surface area contributed by atoms with Gasteiger partial charge in [0.05, 0.1) is 6.10 Å². The summed E-state index contributed by atoms with van der Waals surface area (Å²) in [7, 11) is 0. The molecule has 1 unspecified atom stereocenters. The third kappa shape index (κ3) is 2.34. The van der Waals surface area contributed by atoms with Crippen molar-refractivity contribution in [3.05, 3.63) is 64.2 Å². The second kappa shape index (κ2) is 4.87. The monoisotopic (exact) mass is 274 g/mol. The highest BCUT2D eigenvalue weighted by Gasteiger charge is 2.27. The van der Waals surface area contributed by atoms with Crippen molar-refractivity contribution in [2.45, 2.75) is 25.6 Å². The molecule has 2 atom stereocenters. The molecule has 1 aliphatic heterocycles. The van der Waals surface area contributed by atoms with E-state index < -0.39 is 6.10 Å². The van der Waals surface area contributed by atoms with Gasteiger partial charge in [-0.15, -0.1) is 0 Å². The van der Waals surface area contributed by atoms with Crippen molar-refractivity contribution >= 4 is 11.6 Å². The van der Waals surface area contributed by atoms with Crippen LogP contribution in [0.25, 0.3) is 0 Å². The van der Waals surface area contributed by atoms with Crippen LogP contribution >= 0.6 is 11.6 Å². The minimum Gasteiger partial charge on any atom is -0.485 e. The summed E-state index contributed by atoms with van der Waals surface area (Å²) in [5.41, 5.74) is 2.91. The lowest BCUT2D eigenvalue weighted by Crippen LogP contribution is -2.18. The summed E-state index contributed by atoms with van der Waals surface area (Å²) in [5, 5.41) is 10.9. The number of hydrogen-bond donors (Lipinski definition) is 1. The highest BCUT2D eigenvalue weighted by molar-refractivity contribution is 6.31. The van der Waals surface area contributed by atoms with Gasteiger partial charge in [-0.2, -0.15) is 0 Å². The molecule has 0 aromatic heterocycles. The van der Waals surface area contributed by atoms with Gasteiger partial charge in [-0.25, -0.2) is 0 Å². The normalized spacial score (nSPS) is 21.6. The summed E-state index contributed by atoms with van der Waals surface area (Å²) in [6.07, 6.45) is -0.0887. The number of halogens is 1. The molecule has 1 aliphatic rings. The van der Waals surface area contributed by atoms with Gasteiger partial charge in [0, 0.05) is 17.0 Å². The summed E-state index contributed by atoms with van der Waals surface area (Å²) in [6, 6.07) is 13.5. The standard InChI is InChI=1S/C16H15ClO2/c1-10-6-7-11(8-13(10)17)16-9-14(18)12-4-2-3-5-15(12)19-16/h2-8,14,16,18H,9H2,1H3/t14-,16?/m0/s1. The molecule has 0 aliphatic carbocycles. The Morgan fingerprint density at radius 2 is 2.00 bits per heavy atom. The lowest BCUT2D eigenvalue weighted by Gasteiger charge is -2.30. The lowest BCUT2D eigenvalue weighted by atomic mass is 9.94. The number of rotatable bonds is 1. The molecule has 1 N–H and O–H groups in total. The van der Waals surface area contributed by atoms with Crippen molar-refractivity contribution in [1.82, 2.24) is 0 Å². The van der Waals surface area contributed by atoms with Gasteiger partial charge in [0.25, 0.3) is 0 Å². The first-order valence-electron chi connectivity index (χ1n) is 6.35. The summed E-state index contributed by atoms with van der Waals surface area (Å²) in [4.78, 5) is 0. The van der Waals surface area contributed by atoms with E-state index in [4.69, 9.17) is 16.3 Å². The first-order valence-corrected chi connectivity index (χ1v) is 6.72. The quantitative estimate of drug-likeness (QED) is 0.844. The summed E-state index contributed by atoms with van der Waals surface area (Å²) in [6.45, 7) is 1.97. The highest BCUT2D eigenvalue weighted by Crippen LogP contribution is 2.40. The van der Waals surface area contributed by atoms with Crippen molar-refractivity contribution in [3.8, 4) is 5.75 Å². The van der Waals surface area contributed by atoms with E-state index in [-0.39, 0.29) is 6.10 Å². The van der Waals surface area contributed by atoms with Crippen LogP contribution in [0.3, 0.4) is 0 Å². The zero-order valence-electron chi connectivity index (χ0n) is 10.6. The van der Waals surface area contributed by atoms with Crippen LogP contribution in [0.5, 0.6) is 5.75 Å². The van der Waals surface area contributed by atoms with Gasteiger partial charge in [-0.05, 0) is 30.2 Å². The molecule has 0 radical (unpaired) electrons. The molecule has 98 valence electrons. The number of aryl methyl sites for hydroxylation is 1. The average Bonchev–Trinajstić information content (AvgIpc) is 2.42. The van der Waals surface area contributed by atoms with Gasteiger partial charge in [0.2, 0.25) is 0 Å². The van der Waals surface area contributed by atoms with Gasteiger partial charge in [-0.3, -0.25) is 0 Å². The minimum absolute atomic E-state index is 0.150. The van der Waals surface area contributed by atoms with Crippen molar-refractivity contribution in [3.63, 3.8) is 0 Å². The highest BCUT2D eigenvalue weighted by atomic mass is 35.5. The number of hydrogen-bond acceptors (Lipinski definition) is 2. The Kier molecular flexibility index (Phi) is 3.21. The molecule has 2 aromatic rings. The number of aliphatic hydroxyl groups excluding tert-OH is 1. The molecule has 0 spiro atoms. The third-order valence-corrected chi connectivity index (χ3v) is 3.96. The predicted octanol–water partition coefficient (Wildman–Crippen LogP) is 4.21. The largest absolute Gasteiger partial charge is 0.485 e. The second-order valence-corrected chi connectivity index (χ2v) is 5.31. The minimum atomic E-state index is -0.491. The van der Waals surface area contributed by atoms with Crippen LogP contribution < -0.4 is 4.74 Å². The van der Waals surface area contributed by atoms with E-state index in [1.54, 1.807) is 0 Å². The predicted molar refractivity (Wildman–Crippen MR) is 75.6 cm³/mol. The van der Waals surface area contributed by atoms with E-state index in [9.17, 15) is 5.11 Å². The Balaban J connectivity index is 1.94. The van der Waals surface area contributed by atoms with E-state index in [2.05, 4.69) is 0 Å². The number of fused-ring (bicyclic) bond motifs is 1. The van der Waals surface area contributed by atoms with Gasteiger partial charge in [-0.1, -0.05) is 41.9 Å². The molecule has 3 heteroatoms.